The Kier molecular flexibility index (Phi) is 5.00. The van der Waals surface area contributed by atoms with Gasteiger partial charge in [0.1, 0.15) is 6.33 Å². The molecule has 1 aromatic heterocycles. The molecule has 114 valence electrons. The number of nitrogens with zero attached hydrogens (tertiary/aromatic N) is 5. The molecule has 0 aliphatic rings. The molecule has 2 N–H and O–H groups in total. The van der Waals surface area contributed by atoms with E-state index in [-0.39, 0.29) is 6.61 Å². The van der Waals surface area contributed by atoms with Crippen LogP contribution in [0.3, 0.4) is 0 Å². The number of likely N-dealkylation sites (N-methyl/N-ethyl adjacent to an activating group) is 1. The highest BCUT2D eigenvalue weighted by Gasteiger charge is 2.25. The van der Waals surface area contributed by atoms with Crippen LogP contribution in [0.1, 0.15) is 12.5 Å². The zero-order valence-corrected chi connectivity index (χ0v) is 12.7. The molecule has 1 unspecified atom stereocenters. The fourth-order valence-corrected chi connectivity index (χ4v) is 2.08. The first-order chi connectivity index (χ1) is 10.0. The van der Waals surface area contributed by atoms with Crippen LogP contribution >= 0.6 is 0 Å². The van der Waals surface area contributed by atoms with Crippen LogP contribution < -0.4 is 5.32 Å². The fraction of sp³-hybridized carbons (Fsp3) is 0.500. The van der Waals surface area contributed by atoms with E-state index < -0.39 is 5.54 Å². The zero-order chi connectivity index (χ0) is 15.3. The van der Waals surface area contributed by atoms with Crippen molar-refractivity contribution in [1.82, 2.24) is 30.4 Å². The first kappa shape index (κ1) is 15.6. The minimum atomic E-state index is -0.500. The third kappa shape index (κ3) is 3.84. The van der Waals surface area contributed by atoms with Crippen LogP contribution in [0.25, 0.3) is 5.69 Å². The Morgan fingerprint density at radius 1 is 1.38 bits per heavy atom. The van der Waals surface area contributed by atoms with Crippen molar-refractivity contribution in [3.8, 4) is 5.69 Å². The summed E-state index contributed by atoms with van der Waals surface area (Å²) in [6.45, 7) is 3.70. The smallest absolute Gasteiger partial charge is 0.143 e. The first-order valence-electron chi connectivity index (χ1n) is 6.90. The summed E-state index contributed by atoms with van der Waals surface area (Å²) in [4.78, 5) is 2.10. The molecule has 21 heavy (non-hydrogen) atoms. The Balaban J connectivity index is 2.19. The van der Waals surface area contributed by atoms with Crippen molar-refractivity contribution in [3.63, 3.8) is 0 Å². The number of benzene rings is 1. The monoisotopic (exact) mass is 290 g/mol. The average molecular weight is 290 g/mol. The van der Waals surface area contributed by atoms with Gasteiger partial charge in [0.2, 0.25) is 0 Å². The topological polar surface area (TPSA) is 79.1 Å². The second kappa shape index (κ2) is 6.75. The lowest BCUT2D eigenvalue weighted by atomic mass is 9.92. The molecule has 0 radical (unpaired) electrons. The van der Waals surface area contributed by atoms with Gasteiger partial charge in [-0.25, -0.2) is 4.68 Å². The van der Waals surface area contributed by atoms with Gasteiger partial charge in [-0.05, 0) is 49.1 Å². The van der Waals surface area contributed by atoms with E-state index in [2.05, 4.69) is 25.7 Å². The van der Waals surface area contributed by atoms with Crippen molar-refractivity contribution in [1.29, 1.82) is 0 Å². The van der Waals surface area contributed by atoms with Gasteiger partial charge >= 0.3 is 0 Å². The molecule has 2 rings (SSSR count). The highest BCUT2D eigenvalue weighted by atomic mass is 16.3. The number of aromatic nitrogens is 4. The number of hydrogen-bond donors (Lipinski definition) is 2. The van der Waals surface area contributed by atoms with Crippen LogP contribution in [-0.4, -0.2) is 64.0 Å². The van der Waals surface area contributed by atoms with Gasteiger partial charge in [0.05, 0.1) is 17.8 Å². The second-order valence-electron chi connectivity index (χ2n) is 5.52. The van der Waals surface area contributed by atoms with Gasteiger partial charge < -0.3 is 15.3 Å². The number of nitrogens with one attached hydrogen (secondary N) is 1. The average Bonchev–Trinajstić information content (AvgIpc) is 3.01. The third-order valence-corrected chi connectivity index (χ3v) is 3.49. The molecular formula is C14H22N6O. The normalized spacial score (nSPS) is 14.3. The molecule has 1 aromatic carbocycles. The van der Waals surface area contributed by atoms with Crippen LogP contribution in [0.2, 0.25) is 0 Å². The molecule has 0 amide bonds. The SMILES string of the molecule is CN(C)CCNC(C)(CO)c1cccc(-n2cnnn2)c1. The molecule has 0 fully saturated rings. The van der Waals surface area contributed by atoms with Crippen molar-refractivity contribution in [2.24, 2.45) is 0 Å². The minimum absolute atomic E-state index is 0.0134. The van der Waals surface area contributed by atoms with E-state index in [1.54, 1.807) is 11.0 Å². The van der Waals surface area contributed by atoms with Gasteiger partial charge in [-0.2, -0.15) is 0 Å². The molecule has 7 nitrogen and oxygen atoms in total. The summed E-state index contributed by atoms with van der Waals surface area (Å²) in [5.74, 6) is 0. The molecular weight excluding hydrogens is 268 g/mol. The Hall–Kier alpha value is -1.83. The van der Waals surface area contributed by atoms with E-state index in [0.717, 1.165) is 24.3 Å². The van der Waals surface area contributed by atoms with Gasteiger partial charge in [-0.15, -0.1) is 5.10 Å². The molecule has 0 spiro atoms. The highest BCUT2D eigenvalue weighted by Crippen LogP contribution is 2.22. The Morgan fingerprint density at radius 3 is 2.81 bits per heavy atom. The maximum absolute atomic E-state index is 9.80. The summed E-state index contributed by atoms with van der Waals surface area (Å²) in [5.41, 5.74) is 1.36. The maximum Gasteiger partial charge on any atom is 0.143 e. The van der Waals surface area contributed by atoms with Crippen LogP contribution in [0.15, 0.2) is 30.6 Å². The lowest BCUT2D eigenvalue weighted by Gasteiger charge is -2.30. The van der Waals surface area contributed by atoms with Crippen molar-refractivity contribution < 1.29 is 5.11 Å². The summed E-state index contributed by atoms with van der Waals surface area (Å²) in [7, 11) is 4.05. The Morgan fingerprint density at radius 2 is 2.19 bits per heavy atom. The second-order valence-corrected chi connectivity index (χ2v) is 5.52. The maximum atomic E-state index is 9.80. The lowest BCUT2D eigenvalue weighted by molar-refractivity contribution is 0.172. The van der Waals surface area contributed by atoms with Crippen molar-refractivity contribution in [3.05, 3.63) is 36.2 Å². The lowest BCUT2D eigenvalue weighted by Crippen LogP contribution is -2.45. The van der Waals surface area contributed by atoms with Crippen LogP contribution in [0.5, 0.6) is 0 Å². The van der Waals surface area contributed by atoms with Crippen LogP contribution in [-0.2, 0) is 5.54 Å². The number of rotatable bonds is 7. The molecule has 1 atom stereocenters. The molecule has 0 aliphatic carbocycles. The molecule has 0 saturated heterocycles. The zero-order valence-electron chi connectivity index (χ0n) is 12.7. The summed E-state index contributed by atoms with van der Waals surface area (Å²) < 4.78 is 1.60. The van der Waals surface area contributed by atoms with Gasteiger partial charge in [0, 0.05) is 13.1 Å². The molecule has 0 saturated carbocycles. The van der Waals surface area contributed by atoms with Gasteiger partial charge in [-0.1, -0.05) is 12.1 Å². The molecule has 0 bridgehead atoms. The fourth-order valence-electron chi connectivity index (χ4n) is 2.08. The van der Waals surface area contributed by atoms with Crippen molar-refractivity contribution in [2.75, 3.05) is 33.8 Å². The van der Waals surface area contributed by atoms with Crippen LogP contribution in [0, 0.1) is 0 Å². The minimum Gasteiger partial charge on any atom is -0.394 e. The van der Waals surface area contributed by atoms with E-state index >= 15 is 0 Å². The molecule has 0 aliphatic heterocycles. The van der Waals surface area contributed by atoms with E-state index in [1.807, 2.05) is 45.3 Å². The quantitative estimate of drug-likeness (QED) is 0.748. The van der Waals surface area contributed by atoms with E-state index in [4.69, 9.17) is 0 Å². The van der Waals surface area contributed by atoms with E-state index in [1.165, 1.54) is 0 Å². The summed E-state index contributed by atoms with van der Waals surface area (Å²) in [5, 5.41) is 24.4. The summed E-state index contributed by atoms with van der Waals surface area (Å²) in [6, 6.07) is 7.84. The van der Waals surface area contributed by atoms with E-state index in [9.17, 15) is 5.11 Å². The molecule has 1 heterocycles. The van der Waals surface area contributed by atoms with Crippen molar-refractivity contribution in [2.45, 2.75) is 12.5 Å². The predicted octanol–water partition coefficient (Wildman–Crippen LogP) is 0.0210. The standard InChI is InChI=1S/C14H22N6O/c1-14(10-21,15-7-8-19(2)3)12-5-4-6-13(9-12)20-11-16-17-18-20/h4-6,9,11,15,21H,7-8,10H2,1-3H3. The Labute approximate surface area is 124 Å². The number of tetrazole rings is 1. The Bertz CT molecular complexity index is 556. The predicted molar refractivity (Wildman–Crippen MR) is 80.1 cm³/mol. The first-order valence-corrected chi connectivity index (χ1v) is 6.90. The van der Waals surface area contributed by atoms with Gasteiger partial charge in [-0.3, -0.25) is 0 Å². The third-order valence-electron chi connectivity index (χ3n) is 3.49. The number of aliphatic hydroxyl groups excluding tert-OH is 1. The largest absolute Gasteiger partial charge is 0.394 e. The number of hydrogen-bond acceptors (Lipinski definition) is 6. The van der Waals surface area contributed by atoms with Gasteiger partial charge in [0.15, 0.2) is 0 Å². The molecule has 2 aromatic rings. The summed E-state index contributed by atoms with van der Waals surface area (Å²) in [6.07, 6.45) is 1.55. The van der Waals surface area contributed by atoms with E-state index in [0.29, 0.717) is 0 Å². The van der Waals surface area contributed by atoms with Crippen LogP contribution in [0.4, 0.5) is 0 Å². The van der Waals surface area contributed by atoms with Crippen molar-refractivity contribution >= 4 is 0 Å². The summed E-state index contributed by atoms with van der Waals surface area (Å²) >= 11 is 0. The van der Waals surface area contributed by atoms with Gasteiger partial charge in [0.25, 0.3) is 0 Å². The molecule has 7 heteroatoms. The highest BCUT2D eigenvalue weighted by molar-refractivity contribution is 5.37. The number of aliphatic hydroxyl groups is 1.